The van der Waals surface area contributed by atoms with Gasteiger partial charge in [0.05, 0.1) is 0 Å². The largest absolute Gasteiger partial charge is 0.343 e. The molecule has 2 aromatic rings. The third-order valence-corrected chi connectivity index (χ3v) is 5.32. The topological polar surface area (TPSA) is 63.3 Å². The number of hydrogen-bond donors (Lipinski definition) is 2. The molecule has 2 aromatic carbocycles. The number of hydrogen-bond acceptors (Lipinski definition) is 2. The van der Waals surface area contributed by atoms with Crippen molar-refractivity contribution in [3.63, 3.8) is 0 Å². The van der Waals surface area contributed by atoms with Crippen LogP contribution in [0.25, 0.3) is 11.1 Å². The van der Waals surface area contributed by atoms with E-state index in [-0.39, 0.29) is 6.16 Å². The van der Waals surface area contributed by atoms with Crippen molar-refractivity contribution in [3.8, 4) is 11.1 Å². The van der Waals surface area contributed by atoms with Crippen molar-refractivity contribution in [2.75, 3.05) is 6.16 Å². The van der Waals surface area contributed by atoms with Crippen molar-refractivity contribution < 1.29 is 9.46 Å². The number of nitrogens with two attached hydrogens (primary N) is 1. The van der Waals surface area contributed by atoms with Crippen molar-refractivity contribution in [1.29, 1.82) is 0 Å². The highest BCUT2D eigenvalue weighted by atomic mass is 31.2. The van der Waals surface area contributed by atoms with Gasteiger partial charge in [0.25, 0.3) is 0 Å². The molecule has 0 aliphatic heterocycles. The molecule has 0 saturated heterocycles. The molecule has 3 N–H and O–H groups in total. The summed E-state index contributed by atoms with van der Waals surface area (Å²) in [5.74, 6) is -0.803. The summed E-state index contributed by atoms with van der Waals surface area (Å²) in [6.45, 7) is 1.68. The fourth-order valence-corrected chi connectivity index (χ4v) is 2.96. The summed E-state index contributed by atoms with van der Waals surface area (Å²) in [5, 5.41) is 0. The van der Waals surface area contributed by atoms with Gasteiger partial charge in [-0.3, -0.25) is 4.57 Å². The molecule has 0 saturated carbocycles. The zero-order valence-electron chi connectivity index (χ0n) is 10.9. The molecule has 0 heterocycles. The van der Waals surface area contributed by atoms with Gasteiger partial charge in [0.1, 0.15) is 5.78 Å². The Morgan fingerprint density at radius 3 is 2.11 bits per heavy atom. The average molecular weight is 275 g/mol. The first kappa shape index (κ1) is 14.0. The van der Waals surface area contributed by atoms with E-state index in [1.807, 2.05) is 54.6 Å². The van der Waals surface area contributed by atoms with Gasteiger partial charge in [-0.15, -0.1) is 0 Å². The van der Waals surface area contributed by atoms with Crippen LogP contribution in [0.15, 0.2) is 54.6 Å². The van der Waals surface area contributed by atoms with E-state index in [0.717, 1.165) is 11.1 Å². The van der Waals surface area contributed by atoms with E-state index in [0.29, 0.717) is 5.56 Å². The van der Waals surface area contributed by atoms with Crippen molar-refractivity contribution in [2.45, 2.75) is 12.7 Å². The van der Waals surface area contributed by atoms with Crippen LogP contribution >= 0.6 is 7.37 Å². The molecule has 2 atom stereocenters. The predicted octanol–water partition coefficient (Wildman–Crippen LogP) is 3.60. The molecule has 0 aliphatic rings. The van der Waals surface area contributed by atoms with Crippen molar-refractivity contribution in [2.24, 2.45) is 5.73 Å². The lowest BCUT2D eigenvalue weighted by molar-refractivity contribution is 0.466. The molecule has 0 radical (unpaired) electrons. The number of benzene rings is 2. The van der Waals surface area contributed by atoms with Crippen LogP contribution in [-0.4, -0.2) is 11.1 Å². The zero-order chi connectivity index (χ0) is 13.9. The van der Waals surface area contributed by atoms with Crippen molar-refractivity contribution >= 4 is 7.37 Å². The summed E-state index contributed by atoms with van der Waals surface area (Å²) in [7, 11) is -3.30. The van der Waals surface area contributed by atoms with E-state index in [1.54, 1.807) is 6.92 Å². The standard InChI is InChI=1S/C15H18NO2P/c1-2-19(17,18)15(16)14-10-8-13(9-11-14)12-6-4-3-5-7-12/h3-11,15H,2,16H2,1H3,(H,17,18). The van der Waals surface area contributed by atoms with Crippen LogP contribution in [0.2, 0.25) is 0 Å². The lowest BCUT2D eigenvalue weighted by Crippen LogP contribution is -2.11. The van der Waals surface area contributed by atoms with Gasteiger partial charge in [0.15, 0.2) is 0 Å². The molecule has 0 spiro atoms. The zero-order valence-corrected chi connectivity index (χ0v) is 11.8. The van der Waals surface area contributed by atoms with Gasteiger partial charge in [-0.1, -0.05) is 61.5 Å². The second-order valence-corrected chi connectivity index (χ2v) is 7.20. The summed E-state index contributed by atoms with van der Waals surface area (Å²) in [4.78, 5) is 9.76. The minimum atomic E-state index is -3.30. The Bertz CT molecular complexity index is 581. The van der Waals surface area contributed by atoms with Crippen LogP contribution in [0.3, 0.4) is 0 Å². The van der Waals surface area contributed by atoms with E-state index in [2.05, 4.69) is 0 Å². The molecule has 0 aliphatic carbocycles. The van der Waals surface area contributed by atoms with Crippen LogP contribution in [0.4, 0.5) is 0 Å². The lowest BCUT2D eigenvalue weighted by atomic mass is 10.0. The van der Waals surface area contributed by atoms with Gasteiger partial charge in [0, 0.05) is 6.16 Å². The Labute approximate surface area is 113 Å². The first-order valence-corrected chi connectivity index (χ1v) is 8.18. The Morgan fingerprint density at radius 1 is 1.05 bits per heavy atom. The second-order valence-electron chi connectivity index (χ2n) is 4.50. The van der Waals surface area contributed by atoms with Crippen LogP contribution < -0.4 is 5.73 Å². The lowest BCUT2D eigenvalue weighted by Gasteiger charge is -2.18. The van der Waals surface area contributed by atoms with Gasteiger partial charge >= 0.3 is 0 Å². The quantitative estimate of drug-likeness (QED) is 0.838. The molecule has 0 aromatic heterocycles. The average Bonchev–Trinajstić information content (AvgIpc) is 2.47. The van der Waals surface area contributed by atoms with Crippen molar-refractivity contribution in [3.05, 3.63) is 60.2 Å². The summed E-state index contributed by atoms with van der Waals surface area (Å²) in [5.41, 5.74) is 8.75. The SMILES string of the molecule is CCP(=O)(O)C(N)c1ccc(-c2ccccc2)cc1. The Morgan fingerprint density at radius 2 is 1.58 bits per heavy atom. The molecular weight excluding hydrogens is 257 g/mol. The normalized spacial score (nSPS) is 15.7. The molecule has 0 bridgehead atoms. The third-order valence-electron chi connectivity index (χ3n) is 3.25. The predicted molar refractivity (Wildman–Crippen MR) is 79.2 cm³/mol. The van der Waals surface area contributed by atoms with E-state index in [4.69, 9.17) is 5.73 Å². The molecule has 2 unspecified atom stereocenters. The minimum Gasteiger partial charge on any atom is -0.343 e. The first-order valence-electron chi connectivity index (χ1n) is 6.27. The van der Waals surface area contributed by atoms with Crippen LogP contribution in [0.1, 0.15) is 18.3 Å². The summed E-state index contributed by atoms with van der Waals surface area (Å²) in [6.07, 6.45) is 0.189. The van der Waals surface area contributed by atoms with Gasteiger partial charge in [-0.25, -0.2) is 0 Å². The molecule has 19 heavy (non-hydrogen) atoms. The highest BCUT2D eigenvalue weighted by Crippen LogP contribution is 2.51. The Hall–Kier alpha value is -1.41. The third kappa shape index (κ3) is 3.13. The van der Waals surface area contributed by atoms with Crippen LogP contribution in [0, 0.1) is 0 Å². The summed E-state index contributed by atoms with van der Waals surface area (Å²) < 4.78 is 11.9. The van der Waals surface area contributed by atoms with E-state index in [9.17, 15) is 9.46 Å². The highest BCUT2D eigenvalue weighted by molar-refractivity contribution is 7.58. The maximum Gasteiger partial charge on any atom is 0.220 e. The summed E-state index contributed by atoms with van der Waals surface area (Å²) in [6, 6.07) is 17.5. The van der Waals surface area contributed by atoms with E-state index in [1.165, 1.54) is 0 Å². The van der Waals surface area contributed by atoms with Crippen LogP contribution in [0.5, 0.6) is 0 Å². The smallest absolute Gasteiger partial charge is 0.220 e. The maximum absolute atomic E-state index is 11.9. The monoisotopic (exact) mass is 275 g/mol. The summed E-state index contributed by atoms with van der Waals surface area (Å²) >= 11 is 0. The highest BCUT2D eigenvalue weighted by Gasteiger charge is 2.26. The van der Waals surface area contributed by atoms with Gasteiger partial charge in [-0.05, 0) is 16.7 Å². The molecule has 4 heteroatoms. The number of rotatable bonds is 4. The molecule has 0 fully saturated rings. The minimum absolute atomic E-state index is 0.189. The molecule has 2 rings (SSSR count). The molecule has 100 valence electrons. The molecule has 0 amide bonds. The first-order chi connectivity index (χ1) is 9.04. The van der Waals surface area contributed by atoms with Crippen molar-refractivity contribution in [1.82, 2.24) is 0 Å². The van der Waals surface area contributed by atoms with Gasteiger partial charge < -0.3 is 10.6 Å². The Balaban J connectivity index is 2.27. The molecular formula is C15H18NO2P. The Kier molecular flexibility index (Phi) is 4.20. The fourth-order valence-electron chi connectivity index (χ4n) is 1.93. The second kappa shape index (κ2) is 5.70. The molecule has 3 nitrogen and oxygen atoms in total. The maximum atomic E-state index is 11.9. The van der Waals surface area contributed by atoms with Gasteiger partial charge in [0.2, 0.25) is 7.37 Å². The van der Waals surface area contributed by atoms with Crippen LogP contribution in [-0.2, 0) is 4.57 Å². The fraction of sp³-hybridized carbons (Fsp3) is 0.200. The van der Waals surface area contributed by atoms with E-state index >= 15 is 0 Å². The van der Waals surface area contributed by atoms with Gasteiger partial charge in [-0.2, -0.15) is 0 Å². The van der Waals surface area contributed by atoms with E-state index < -0.39 is 13.2 Å².